The molecular weight excluding hydrogens is 346 g/mol. The van der Waals surface area contributed by atoms with E-state index in [1.165, 1.54) is 6.20 Å². The van der Waals surface area contributed by atoms with Gasteiger partial charge in [0.15, 0.2) is 0 Å². The molecular formula is C19H27N5O3. The van der Waals surface area contributed by atoms with E-state index in [1.807, 2.05) is 13.8 Å². The van der Waals surface area contributed by atoms with Gasteiger partial charge in [-0.05, 0) is 40.0 Å². The Labute approximate surface area is 159 Å². The number of hydrogen-bond acceptors (Lipinski definition) is 5. The van der Waals surface area contributed by atoms with Crippen molar-refractivity contribution < 1.29 is 14.4 Å². The summed E-state index contributed by atoms with van der Waals surface area (Å²) in [4.78, 5) is 49.6. The fourth-order valence-corrected chi connectivity index (χ4v) is 3.50. The second-order valence-electron chi connectivity index (χ2n) is 7.24. The molecule has 1 saturated heterocycles. The van der Waals surface area contributed by atoms with E-state index in [0.29, 0.717) is 26.1 Å². The lowest BCUT2D eigenvalue weighted by Crippen LogP contribution is -2.48. The maximum absolute atomic E-state index is 12.9. The summed E-state index contributed by atoms with van der Waals surface area (Å²) in [6.45, 7) is 7.23. The van der Waals surface area contributed by atoms with E-state index in [4.69, 9.17) is 0 Å². The number of amides is 3. The van der Waals surface area contributed by atoms with Crippen molar-refractivity contribution >= 4 is 17.7 Å². The normalized spacial score (nSPS) is 21.8. The van der Waals surface area contributed by atoms with Crippen molar-refractivity contribution in [3.8, 4) is 0 Å². The molecule has 0 bridgehead atoms. The molecule has 0 unspecified atom stereocenters. The van der Waals surface area contributed by atoms with Crippen molar-refractivity contribution in [2.24, 2.45) is 5.92 Å². The highest BCUT2D eigenvalue weighted by atomic mass is 16.2. The first-order valence-corrected chi connectivity index (χ1v) is 9.63. The number of carbonyl (C=O) groups excluding carboxylic acids is 3. The summed E-state index contributed by atoms with van der Waals surface area (Å²) in [6.07, 6.45) is 5.18. The van der Waals surface area contributed by atoms with Gasteiger partial charge in [-0.1, -0.05) is 0 Å². The molecule has 1 aliphatic carbocycles. The molecule has 1 N–H and O–H groups in total. The molecule has 1 aliphatic heterocycles. The first-order chi connectivity index (χ1) is 12.9. The van der Waals surface area contributed by atoms with Gasteiger partial charge in [-0.2, -0.15) is 0 Å². The second kappa shape index (κ2) is 8.02. The molecule has 3 amide bonds. The summed E-state index contributed by atoms with van der Waals surface area (Å²) in [5.74, 6) is -0.301. The molecule has 8 nitrogen and oxygen atoms in total. The number of rotatable bonds is 6. The SMILES string of the molecule is CCN(CC)C(=O)[C@@H]1C[C@@H](NC(=O)c2cnc(C)cn2)CN1C(=O)C1CC1. The van der Waals surface area contributed by atoms with Gasteiger partial charge in [-0.15, -0.1) is 0 Å². The van der Waals surface area contributed by atoms with Crippen LogP contribution in [0.25, 0.3) is 0 Å². The quantitative estimate of drug-likeness (QED) is 0.794. The van der Waals surface area contributed by atoms with Crippen LogP contribution in [0, 0.1) is 12.8 Å². The molecule has 0 spiro atoms. The van der Waals surface area contributed by atoms with E-state index in [1.54, 1.807) is 22.9 Å². The maximum Gasteiger partial charge on any atom is 0.271 e. The van der Waals surface area contributed by atoms with Gasteiger partial charge >= 0.3 is 0 Å². The van der Waals surface area contributed by atoms with Crippen LogP contribution >= 0.6 is 0 Å². The maximum atomic E-state index is 12.9. The monoisotopic (exact) mass is 373 g/mol. The molecule has 2 heterocycles. The van der Waals surface area contributed by atoms with Crippen LogP contribution in [0.3, 0.4) is 0 Å². The highest BCUT2D eigenvalue weighted by Gasteiger charge is 2.45. The van der Waals surface area contributed by atoms with Crippen molar-refractivity contribution in [3.05, 3.63) is 23.8 Å². The van der Waals surface area contributed by atoms with Crippen LogP contribution in [-0.2, 0) is 9.59 Å². The van der Waals surface area contributed by atoms with Crippen LogP contribution in [0.5, 0.6) is 0 Å². The fraction of sp³-hybridized carbons (Fsp3) is 0.632. The van der Waals surface area contributed by atoms with Gasteiger partial charge < -0.3 is 15.1 Å². The van der Waals surface area contributed by atoms with Gasteiger partial charge in [0.25, 0.3) is 5.91 Å². The minimum absolute atomic E-state index is 0.0346. The molecule has 3 rings (SSSR count). The predicted octanol–water partition coefficient (Wildman–Crippen LogP) is 0.763. The van der Waals surface area contributed by atoms with Gasteiger partial charge in [0.05, 0.1) is 11.9 Å². The van der Waals surface area contributed by atoms with Crippen molar-refractivity contribution in [3.63, 3.8) is 0 Å². The van der Waals surface area contributed by atoms with Gasteiger partial charge in [0, 0.05) is 37.8 Å². The smallest absolute Gasteiger partial charge is 0.271 e. The number of nitrogens with one attached hydrogen (secondary N) is 1. The van der Waals surface area contributed by atoms with E-state index in [0.717, 1.165) is 18.5 Å². The van der Waals surface area contributed by atoms with Gasteiger partial charge in [-0.25, -0.2) is 4.98 Å². The molecule has 1 aromatic rings. The zero-order valence-electron chi connectivity index (χ0n) is 16.1. The molecule has 1 saturated carbocycles. The van der Waals surface area contributed by atoms with Crippen LogP contribution < -0.4 is 5.32 Å². The van der Waals surface area contributed by atoms with Crippen molar-refractivity contribution in [2.45, 2.75) is 52.1 Å². The Bertz CT molecular complexity index is 713. The Hall–Kier alpha value is -2.51. The van der Waals surface area contributed by atoms with Crippen molar-refractivity contribution in [1.82, 2.24) is 25.1 Å². The number of likely N-dealkylation sites (N-methyl/N-ethyl adjacent to an activating group) is 1. The third kappa shape index (κ3) is 4.26. The molecule has 8 heteroatoms. The van der Waals surface area contributed by atoms with E-state index < -0.39 is 6.04 Å². The summed E-state index contributed by atoms with van der Waals surface area (Å²) in [5, 5.41) is 2.91. The van der Waals surface area contributed by atoms with Crippen molar-refractivity contribution in [1.29, 1.82) is 0 Å². The van der Waals surface area contributed by atoms with Crippen LogP contribution in [0.1, 0.15) is 49.3 Å². The average molecular weight is 373 g/mol. The zero-order valence-corrected chi connectivity index (χ0v) is 16.1. The minimum atomic E-state index is -0.507. The highest BCUT2D eigenvalue weighted by molar-refractivity contribution is 5.93. The number of likely N-dealkylation sites (tertiary alicyclic amines) is 1. The van der Waals surface area contributed by atoms with Crippen LogP contribution in [0.4, 0.5) is 0 Å². The van der Waals surface area contributed by atoms with Gasteiger partial charge in [-0.3, -0.25) is 19.4 Å². The Morgan fingerprint density at radius 1 is 1.19 bits per heavy atom. The topological polar surface area (TPSA) is 95.5 Å². The van der Waals surface area contributed by atoms with E-state index in [2.05, 4.69) is 15.3 Å². The van der Waals surface area contributed by atoms with Gasteiger partial charge in [0.1, 0.15) is 11.7 Å². The largest absolute Gasteiger partial charge is 0.346 e. The number of carbonyl (C=O) groups is 3. The zero-order chi connectivity index (χ0) is 19.6. The average Bonchev–Trinajstić information content (AvgIpc) is 3.43. The molecule has 2 fully saturated rings. The molecule has 2 atom stereocenters. The third-order valence-corrected chi connectivity index (χ3v) is 5.22. The first kappa shape index (κ1) is 19.3. The molecule has 146 valence electrons. The van der Waals surface area contributed by atoms with E-state index >= 15 is 0 Å². The molecule has 2 aliphatic rings. The Morgan fingerprint density at radius 3 is 2.44 bits per heavy atom. The minimum Gasteiger partial charge on any atom is -0.346 e. The first-order valence-electron chi connectivity index (χ1n) is 9.63. The van der Waals surface area contributed by atoms with Crippen LogP contribution in [-0.4, -0.2) is 69.2 Å². The standard InChI is InChI=1S/C19H27N5O3/c1-4-23(5-2)19(27)16-8-14(11-24(16)18(26)13-6-7-13)22-17(25)15-10-20-12(3)9-21-15/h9-10,13-14,16H,4-8,11H2,1-3H3,(H,22,25)/t14-,16+/m1/s1. The van der Waals surface area contributed by atoms with E-state index in [-0.39, 0.29) is 35.4 Å². The Balaban J connectivity index is 1.71. The highest BCUT2D eigenvalue weighted by Crippen LogP contribution is 2.34. The molecule has 0 aromatic carbocycles. The molecule has 27 heavy (non-hydrogen) atoms. The van der Waals surface area contributed by atoms with Crippen LogP contribution in [0.2, 0.25) is 0 Å². The number of hydrogen-bond donors (Lipinski definition) is 1. The lowest BCUT2D eigenvalue weighted by Gasteiger charge is -2.28. The van der Waals surface area contributed by atoms with Crippen molar-refractivity contribution in [2.75, 3.05) is 19.6 Å². The lowest BCUT2D eigenvalue weighted by molar-refractivity contribution is -0.144. The Kier molecular flexibility index (Phi) is 5.72. The number of aromatic nitrogens is 2. The molecule has 1 aromatic heterocycles. The van der Waals surface area contributed by atoms with E-state index in [9.17, 15) is 14.4 Å². The second-order valence-corrected chi connectivity index (χ2v) is 7.24. The summed E-state index contributed by atoms with van der Waals surface area (Å²) >= 11 is 0. The number of nitrogens with zero attached hydrogens (tertiary/aromatic N) is 4. The third-order valence-electron chi connectivity index (χ3n) is 5.22. The predicted molar refractivity (Wildman–Crippen MR) is 98.8 cm³/mol. The van der Waals surface area contributed by atoms with Gasteiger partial charge in [0.2, 0.25) is 11.8 Å². The summed E-state index contributed by atoms with van der Waals surface area (Å²) in [6, 6.07) is -0.778. The van der Waals surface area contributed by atoms with Crippen LogP contribution in [0.15, 0.2) is 12.4 Å². The summed E-state index contributed by atoms with van der Waals surface area (Å²) < 4.78 is 0. The number of aryl methyl sites for hydroxylation is 1. The summed E-state index contributed by atoms with van der Waals surface area (Å²) in [5.41, 5.74) is 0.970. The lowest BCUT2D eigenvalue weighted by atomic mass is 10.1. The fourth-order valence-electron chi connectivity index (χ4n) is 3.50. The molecule has 0 radical (unpaired) electrons. The Morgan fingerprint density at radius 2 is 1.89 bits per heavy atom. The summed E-state index contributed by atoms with van der Waals surface area (Å²) in [7, 11) is 0.